The Morgan fingerprint density at radius 3 is 2.95 bits per heavy atom. The normalized spacial score (nSPS) is 18.2. The molecule has 1 unspecified atom stereocenters. The summed E-state index contributed by atoms with van der Waals surface area (Å²) in [5, 5.41) is 3.61. The fourth-order valence-electron chi connectivity index (χ4n) is 2.04. The minimum absolute atomic E-state index is 0.0224. The smallest absolute Gasteiger partial charge is 0.212 e. The summed E-state index contributed by atoms with van der Waals surface area (Å²) in [6.45, 7) is 2.65. The van der Waals surface area contributed by atoms with Gasteiger partial charge >= 0.3 is 0 Å². The van der Waals surface area contributed by atoms with Crippen molar-refractivity contribution in [2.24, 2.45) is 4.99 Å². The van der Waals surface area contributed by atoms with Crippen LogP contribution in [0.1, 0.15) is 18.9 Å². The predicted molar refractivity (Wildman–Crippen MR) is 83.4 cm³/mol. The summed E-state index contributed by atoms with van der Waals surface area (Å²) < 4.78 is 12.8. The summed E-state index contributed by atoms with van der Waals surface area (Å²) in [4.78, 5) is 10.0. The van der Waals surface area contributed by atoms with Crippen LogP contribution in [-0.2, 0) is 6.54 Å². The van der Waals surface area contributed by atoms with Gasteiger partial charge < -0.3 is 10.2 Å². The molecule has 0 fully saturated rings. The van der Waals surface area contributed by atoms with Gasteiger partial charge in [-0.3, -0.25) is 0 Å². The number of likely N-dealkylation sites (N-methyl/N-ethyl adjacent to an activating group) is 1. The zero-order valence-corrected chi connectivity index (χ0v) is 12.8. The average molecular weight is 309 g/mol. The molecular formula is C15H18ClFN4. The van der Waals surface area contributed by atoms with E-state index < -0.39 is 5.95 Å². The molecule has 0 aliphatic carbocycles. The Labute approximate surface area is 129 Å². The van der Waals surface area contributed by atoms with Gasteiger partial charge in [-0.15, -0.1) is 0 Å². The van der Waals surface area contributed by atoms with E-state index in [1.165, 1.54) is 12.3 Å². The maximum Gasteiger partial charge on any atom is 0.212 e. The molecule has 0 radical (unpaired) electrons. The quantitative estimate of drug-likeness (QED) is 0.528. The van der Waals surface area contributed by atoms with Crippen LogP contribution in [0.2, 0.25) is 0 Å². The van der Waals surface area contributed by atoms with E-state index in [1.54, 1.807) is 12.3 Å². The molecule has 6 heteroatoms. The van der Waals surface area contributed by atoms with Crippen LogP contribution in [0.5, 0.6) is 0 Å². The van der Waals surface area contributed by atoms with Crippen molar-refractivity contribution in [3.05, 3.63) is 53.3 Å². The minimum atomic E-state index is -0.479. The first-order valence-corrected chi connectivity index (χ1v) is 7.16. The van der Waals surface area contributed by atoms with Crippen LogP contribution < -0.4 is 5.32 Å². The number of nitrogens with one attached hydrogen (secondary N) is 1. The monoisotopic (exact) mass is 308 g/mol. The number of aromatic nitrogens is 1. The van der Waals surface area contributed by atoms with Gasteiger partial charge in [-0.25, -0.2) is 9.98 Å². The molecule has 1 aromatic heterocycles. The highest BCUT2D eigenvalue weighted by Crippen LogP contribution is 2.14. The van der Waals surface area contributed by atoms with Crippen molar-refractivity contribution in [3.63, 3.8) is 0 Å². The second kappa shape index (κ2) is 7.22. The zero-order chi connectivity index (χ0) is 15.2. The molecule has 0 saturated carbocycles. The zero-order valence-electron chi connectivity index (χ0n) is 12.1. The van der Waals surface area contributed by atoms with Gasteiger partial charge in [-0.1, -0.05) is 36.7 Å². The fourth-order valence-corrected chi connectivity index (χ4v) is 2.19. The van der Waals surface area contributed by atoms with Gasteiger partial charge in [0, 0.05) is 26.0 Å². The lowest BCUT2D eigenvalue weighted by Gasteiger charge is -2.28. The van der Waals surface area contributed by atoms with Crippen molar-refractivity contribution in [1.29, 1.82) is 0 Å². The first-order chi connectivity index (χ1) is 10.1. The van der Waals surface area contributed by atoms with Crippen molar-refractivity contribution >= 4 is 17.4 Å². The molecular weight excluding hydrogens is 291 g/mol. The van der Waals surface area contributed by atoms with Crippen LogP contribution in [0.4, 0.5) is 4.39 Å². The van der Waals surface area contributed by atoms with E-state index in [9.17, 15) is 4.39 Å². The number of pyridine rings is 1. The van der Waals surface area contributed by atoms with Gasteiger partial charge in [0.1, 0.15) is 17.0 Å². The summed E-state index contributed by atoms with van der Waals surface area (Å²) in [6.07, 6.45) is 8.29. The van der Waals surface area contributed by atoms with Crippen LogP contribution in [0.25, 0.3) is 0 Å². The Hall–Kier alpha value is -1.88. The van der Waals surface area contributed by atoms with E-state index in [4.69, 9.17) is 11.6 Å². The highest BCUT2D eigenvalue weighted by atomic mass is 35.5. The Kier molecular flexibility index (Phi) is 5.33. The largest absolute Gasteiger partial charge is 0.376 e. The molecule has 0 amide bonds. The van der Waals surface area contributed by atoms with E-state index in [-0.39, 0.29) is 6.04 Å². The molecule has 1 atom stereocenters. The number of aliphatic imine (C=N–C) groups is 1. The first kappa shape index (κ1) is 15.5. The Morgan fingerprint density at radius 1 is 1.48 bits per heavy atom. The van der Waals surface area contributed by atoms with Gasteiger partial charge in [-0.05, 0) is 18.1 Å². The molecule has 1 aromatic rings. The Bertz CT molecular complexity index is 566. The average Bonchev–Trinajstić information content (AvgIpc) is 2.48. The number of rotatable bonds is 4. The summed E-state index contributed by atoms with van der Waals surface area (Å²) >= 11 is 5.98. The van der Waals surface area contributed by atoms with E-state index >= 15 is 0 Å². The van der Waals surface area contributed by atoms with Gasteiger partial charge in [0.15, 0.2) is 0 Å². The molecule has 2 rings (SSSR count). The van der Waals surface area contributed by atoms with Crippen LogP contribution in [-0.4, -0.2) is 28.8 Å². The minimum Gasteiger partial charge on any atom is -0.376 e. The highest BCUT2D eigenvalue weighted by Gasteiger charge is 2.20. The molecule has 0 bridgehead atoms. The molecule has 0 saturated heterocycles. The van der Waals surface area contributed by atoms with Gasteiger partial charge in [0.2, 0.25) is 5.95 Å². The van der Waals surface area contributed by atoms with Gasteiger partial charge in [-0.2, -0.15) is 4.39 Å². The molecule has 112 valence electrons. The lowest BCUT2D eigenvalue weighted by atomic mass is 10.2. The second-order valence-corrected chi connectivity index (χ2v) is 5.15. The number of allylic oxidation sites excluding steroid dienone is 1. The van der Waals surface area contributed by atoms with Crippen molar-refractivity contribution < 1.29 is 4.39 Å². The maximum atomic E-state index is 12.8. The molecule has 1 aliphatic heterocycles. The Balaban J connectivity index is 2.13. The Morgan fingerprint density at radius 2 is 2.29 bits per heavy atom. The van der Waals surface area contributed by atoms with Crippen LogP contribution in [0, 0.1) is 5.95 Å². The van der Waals surface area contributed by atoms with Crippen molar-refractivity contribution in [2.45, 2.75) is 25.9 Å². The first-order valence-electron chi connectivity index (χ1n) is 6.78. The number of amidine groups is 1. The third-order valence-electron chi connectivity index (χ3n) is 3.05. The molecule has 2 heterocycles. The summed E-state index contributed by atoms with van der Waals surface area (Å²) in [5.74, 6) is 0.337. The third kappa shape index (κ3) is 4.29. The molecule has 0 aromatic carbocycles. The summed E-state index contributed by atoms with van der Waals surface area (Å²) in [7, 11) is 1.92. The van der Waals surface area contributed by atoms with Crippen LogP contribution >= 0.6 is 11.6 Å². The van der Waals surface area contributed by atoms with E-state index in [1.807, 2.05) is 11.9 Å². The number of halogens is 2. The second-order valence-electron chi connectivity index (χ2n) is 4.76. The predicted octanol–water partition coefficient (Wildman–Crippen LogP) is 3.03. The standard InChI is InChI=1S/C15H18ClFN4/c1-3-4-5-12-15(20-13(16)9-18-12)21(2)10-11-6-7-14(17)19-8-11/h4-9,12,18H,3,10H2,1-2H3/b5-4+. The summed E-state index contributed by atoms with van der Waals surface area (Å²) in [5.41, 5.74) is 0.908. The fraction of sp³-hybridized carbons (Fsp3) is 0.333. The summed E-state index contributed by atoms with van der Waals surface area (Å²) in [6, 6.07) is 3.04. The number of hydrogen-bond donors (Lipinski definition) is 1. The highest BCUT2D eigenvalue weighted by molar-refractivity contribution is 6.30. The van der Waals surface area contributed by atoms with Crippen molar-refractivity contribution in [1.82, 2.24) is 15.2 Å². The van der Waals surface area contributed by atoms with Gasteiger partial charge in [0.05, 0.1) is 0 Å². The molecule has 21 heavy (non-hydrogen) atoms. The van der Waals surface area contributed by atoms with Crippen molar-refractivity contribution in [2.75, 3.05) is 7.05 Å². The van der Waals surface area contributed by atoms with Crippen LogP contribution in [0.3, 0.4) is 0 Å². The van der Waals surface area contributed by atoms with E-state index in [2.05, 4.69) is 34.4 Å². The third-order valence-corrected chi connectivity index (χ3v) is 3.24. The molecule has 1 aliphatic rings. The lowest BCUT2D eigenvalue weighted by Crippen LogP contribution is -2.43. The van der Waals surface area contributed by atoms with Crippen LogP contribution in [0.15, 0.2) is 46.8 Å². The van der Waals surface area contributed by atoms with E-state index in [0.717, 1.165) is 17.8 Å². The van der Waals surface area contributed by atoms with Gasteiger partial charge in [0.25, 0.3) is 0 Å². The van der Waals surface area contributed by atoms with Crippen molar-refractivity contribution in [3.8, 4) is 0 Å². The maximum absolute atomic E-state index is 12.8. The lowest BCUT2D eigenvalue weighted by molar-refractivity contribution is 0.475. The topological polar surface area (TPSA) is 40.5 Å². The molecule has 0 spiro atoms. The van der Waals surface area contributed by atoms with E-state index in [0.29, 0.717) is 11.7 Å². The SMILES string of the molecule is CC/C=C/C1NC=C(Cl)N=C1N(C)Cc1ccc(F)nc1. The number of nitrogens with zero attached hydrogens (tertiary/aromatic N) is 3. The molecule has 1 N–H and O–H groups in total. The molecule has 4 nitrogen and oxygen atoms in total. The number of hydrogen-bond acceptors (Lipinski definition) is 4.